The van der Waals surface area contributed by atoms with Crippen LogP contribution in [0.4, 0.5) is 10.5 Å². The Hall–Kier alpha value is -2.93. The van der Waals surface area contributed by atoms with Gasteiger partial charge in [-0.1, -0.05) is 25.5 Å². The van der Waals surface area contributed by atoms with Crippen LogP contribution in [0.15, 0.2) is 47.4 Å². The number of hydrogen-bond donors (Lipinski definition) is 1. The number of imide groups is 1. The van der Waals surface area contributed by atoms with Crippen molar-refractivity contribution in [3.8, 4) is 17.2 Å². The third kappa shape index (κ3) is 4.31. The van der Waals surface area contributed by atoms with E-state index in [0.29, 0.717) is 28.7 Å². The molecule has 6 nitrogen and oxygen atoms in total. The molecule has 0 radical (unpaired) electrons. The lowest BCUT2D eigenvalue weighted by Gasteiger charge is -2.12. The number of carbonyl (C=O) groups excluding carboxylic acids is 2. The van der Waals surface area contributed by atoms with Gasteiger partial charge in [-0.3, -0.25) is 9.59 Å². The number of hydrogen-bond acceptors (Lipinski definition) is 6. The molecule has 3 rings (SSSR count). The molecule has 146 valence electrons. The minimum atomic E-state index is -0.428. The Morgan fingerprint density at radius 3 is 2.68 bits per heavy atom. The van der Waals surface area contributed by atoms with Gasteiger partial charge in [0.1, 0.15) is 5.75 Å². The molecule has 1 aliphatic rings. The fraction of sp³-hybridized carbons (Fsp3) is 0.238. The lowest BCUT2D eigenvalue weighted by atomic mass is 10.1. The number of ether oxygens (including phenoxy) is 2. The van der Waals surface area contributed by atoms with E-state index in [2.05, 4.69) is 6.92 Å². The van der Waals surface area contributed by atoms with E-state index < -0.39 is 11.1 Å². The summed E-state index contributed by atoms with van der Waals surface area (Å²) < 4.78 is 11.1. The van der Waals surface area contributed by atoms with Crippen LogP contribution in [-0.4, -0.2) is 30.0 Å². The van der Waals surface area contributed by atoms with E-state index in [9.17, 15) is 14.7 Å². The predicted molar refractivity (Wildman–Crippen MR) is 110 cm³/mol. The van der Waals surface area contributed by atoms with Crippen LogP contribution in [0.2, 0.25) is 0 Å². The Balaban J connectivity index is 1.83. The molecule has 0 saturated carbocycles. The summed E-state index contributed by atoms with van der Waals surface area (Å²) in [5.41, 5.74) is 1.06. The first kappa shape index (κ1) is 19.8. The number of unbranched alkanes of at least 4 members (excludes halogenated alkanes) is 1. The molecule has 28 heavy (non-hydrogen) atoms. The number of rotatable bonds is 7. The number of benzene rings is 2. The molecular formula is C21H21NO5S. The highest BCUT2D eigenvalue weighted by Crippen LogP contribution is 2.37. The van der Waals surface area contributed by atoms with Gasteiger partial charge in [0.15, 0.2) is 11.5 Å². The number of carbonyl (C=O) groups is 2. The first-order valence-electron chi connectivity index (χ1n) is 8.91. The highest BCUT2D eigenvalue weighted by Gasteiger charge is 2.36. The van der Waals surface area contributed by atoms with Gasteiger partial charge in [0.05, 0.1) is 24.3 Å². The molecular weight excluding hydrogens is 378 g/mol. The second kappa shape index (κ2) is 8.84. The fourth-order valence-corrected chi connectivity index (χ4v) is 3.53. The summed E-state index contributed by atoms with van der Waals surface area (Å²) in [6, 6.07) is 11.4. The van der Waals surface area contributed by atoms with Crippen molar-refractivity contribution in [2.45, 2.75) is 19.8 Å². The fourth-order valence-electron chi connectivity index (χ4n) is 2.69. The molecule has 0 spiro atoms. The molecule has 1 saturated heterocycles. The van der Waals surface area contributed by atoms with Crippen LogP contribution in [0.3, 0.4) is 0 Å². The lowest BCUT2D eigenvalue weighted by Crippen LogP contribution is -2.27. The monoisotopic (exact) mass is 399 g/mol. The zero-order chi connectivity index (χ0) is 20.1. The number of phenolic OH excluding ortho intramolecular Hbond substituents is 1. The number of aromatic hydroxyl groups is 1. The maximum Gasteiger partial charge on any atom is 0.298 e. The highest BCUT2D eigenvalue weighted by atomic mass is 32.2. The predicted octanol–water partition coefficient (Wildman–Crippen LogP) is 4.82. The largest absolute Gasteiger partial charge is 0.508 e. The van der Waals surface area contributed by atoms with Crippen molar-refractivity contribution in [3.63, 3.8) is 0 Å². The van der Waals surface area contributed by atoms with Crippen LogP contribution < -0.4 is 14.4 Å². The average molecular weight is 399 g/mol. The Morgan fingerprint density at radius 1 is 1.14 bits per heavy atom. The molecule has 1 aliphatic heterocycles. The summed E-state index contributed by atoms with van der Waals surface area (Å²) >= 11 is 0.857. The first-order chi connectivity index (χ1) is 13.5. The minimum Gasteiger partial charge on any atom is -0.508 e. The molecule has 0 aliphatic carbocycles. The van der Waals surface area contributed by atoms with Gasteiger partial charge in [0.2, 0.25) is 0 Å². The summed E-state index contributed by atoms with van der Waals surface area (Å²) in [4.78, 5) is 26.4. The summed E-state index contributed by atoms with van der Waals surface area (Å²) in [6.07, 6.45) is 3.63. The lowest BCUT2D eigenvalue weighted by molar-refractivity contribution is -0.113. The summed E-state index contributed by atoms with van der Waals surface area (Å²) in [5.74, 6) is 0.768. The van der Waals surface area contributed by atoms with Crippen LogP contribution in [-0.2, 0) is 4.79 Å². The third-order valence-corrected chi connectivity index (χ3v) is 4.99. The van der Waals surface area contributed by atoms with Crippen LogP contribution in [0, 0.1) is 0 Å². The topological polar surface area (TPSA) is 76.1 Å². The van der Waals surface area contributed by atoms with Crippen molar-refractivity contribution in [2.24, 2.45) is 0 Å². The Kier molecular flexibility index (Phi) is 6.26. The second-order valence-corrected chi connectivity index (χ2v) is 7.14. The van der Waals surface area contributed by atoms with Gasteiger partial charge in [0.25, 0.3) is 11.1 Å². The zero-order valence-electron chi connectivity index (χ0n) is 15.7. The molecule has 0 atom stereocenters. The minimum absolute atomic E-state index is 0.0103. The van der Waals surface area contributed by atoms with Gasteiger partial charge in [-0.15, -0.1) is 0 Å². The molecule has 0 aromatic heterocycles. The van der Waals surface area contributed by atoms with E-state index >= 15 is 0 Å². The van der Waals surface area contributed by atoms with Crippen LogP contribution in [0.25, 0.3) is 6.08 Å². The van der Waals surface area contributed by atoms with Crippen LogP contribution >= 0.6 is 11.8 Å². The maximum absolute atomic E-state index is 12.7. The molecule has 1 heterocycles. The maximum atomic E-state index is 12.7. The van der Waals surface area contributed by atoms with Gasteiger partial charge in [0, 0.05) is 6.07 Å². The van der Waals surface area contributed by atoms with Crippen molar-refractivity contribution >= 4 is 34.7 Å². The van der Waals surface area contributed by atoms with Crippen molar-refractivity contribution < 1.29 is 24.2 Å². The Bertz CT molecular complexity index is 925. The van der Waals surface area contributed by atoms with Gasteiger partial charge >= 0.3 is 0 Å². The van der Waals surface area contributed by atoms with E-state index in [-0.39, 0.29) is 5.75 Å². The van der Waals surface area contributed by atoms with Gasteiger partial charge in [-0.25, -0.2) is 4.90 Å². The molecule has 7 heteroatoms. The molecule has 2 aromatic carbocycles. The number of thioether (sulfide) groups is 1. The Morgan fingerprint density at radius 2 is 1.96 bits per heavy atom. The summed E-state index contributed by atoms with van der Waals surface area (Å²) in [7, 11) is 1.56. The third-order valence-electron chi connectivity index (χ3n) is 4.12. The first-order valence-corrected chi connectivity index (χ1v) is 9.73. The number of phenols is 1. The van der Waals surface area contributed by atoms with Crippen molar-refractivity contribution in [1.29, 1.82) is 0 Å². The molecule has 2 aromatic rings. The van der Waals surface area contributed by atoms with E-state index in [1.165, 1.54) is 12.1 Å². The molecule has 0 bridgehead atoms. The standard InChI is InChI=1S/C21H21NO5S/c1-3-4-10-27-17-9-8-14(11-18(17)26-2)12-19-20(24)22(21(25)28-19)15-6-5-7-16(23)13-15/h5-9,11-13,23H,3-4,10H2,1-2H3/b19-12-. The number of amides is 2. The zero-order valence-corrected chi connectivity index (χ0v) is 16.5. The van der Waals surface area contributed by atoms with Crippen molar-refractivity contribution in [2.75, 3.05) is 18.6 Å². The van der Waals surface area contributed by atoms with E-state index in [1.807, 2.05) is 6.07 Å². The van der Waals surface area contributed by atoms with Crippen molar-refractivity contribution in [3.05, 3.63) is 52.9 Å². The highest BCUT2D eigenvalue weighted by molar-refractivity contribution is 8.19. The normalized spacial score (nSPS) is 15.4. The van der Waals surface area contributed by atoms with Crippen molar-refractivity contribution in [1.82, 2.24) is 0 Å². The number of methoxy groups -OCH3 is 1. The number of anilines is 1. The van der Waals surface area contributed by atoms with Crippen LogP contribution in [0.5, 0.6) is 17.2 Å². The number of nitrogens with zero attached hydrogens (tertiary/aromatic N) is 1. The molecule has 2 amide bonds. The SMILES string of the molecule is CCCCOc1ccc(/C=C2\SC(=O)N(c3cccc(O)c3)C2=O)cc1OC. The van der Waals surface area contributed by atoms with Gasteiger partial charge < -0.3 is 14.6 Å². The molecule has 1 N–H and O–H groups in total. The van der Waals surface area contributed by atoms with Gasteiger partial charge in [-0.2, -0.15) is 0 Å². The smallest absolute Gasteiger partial charge is 0.298 e. The quantitative estimate of drug-likeness (QED) is 0.531. The van der Waals surface area contributed by atoms with E-state index in [0.717, 1.165) is 35.1 Å². The average Bonchev–Trinajstić information content (AvgIpc) is 2.96. The summed E-state index contributed by atoms with van der Waals surface area (Å²) in [6.45, 7) is 2.70. The van der Waals surface area contributed by atoms with Crippen LogP contribution in [0.1, 0.15) is 25.3 Å². The van der Waals surface area contributed by atoms with Gasteiger partial charge in [-0.05, 0) is 54.1 Å². The Labute approximate surface area is 167 Å². The summed E-state index contributed by atoms with van der Waals surface area (Å²) in [5, 5.41) is 9.20. The molecule has 0 unspecified atom stereocenters. The second-order valence-electron chi connectivity index (χ2n) is 6.15. The van der Waals surface area contributed by atoms with E-state index in [4.69, 9.17) is 9.47 Å². The van der Waals surface area contributed by atoms with E-state index in [1.54, 1.807) is 37.5 Å². The molecule has 1 fully saturated rings.